The van der Waals surface area contributed by atoms with E-state index >= 15 is 0 Å². The second-order valence-electron chi connectivity index (χ2n) is 4.08. The minimum Gasteiger partial charge on any atom is -0.464 e. The summed E-state index contributed by atoms with van der Waals surface area (Å²) in [7, 11) is 6.76. The van der Waals surface area contributed by atoms with Gasteiger partial charge in [-0.3, -0.25) is 0 Å². The van der Waals surface area contributed by atoms with Crippen molar-refractivity contribution in [2.75, 3.05) is 21.2 Å². The SMILES string of the molecule is COC(=O)c1cc2cc(C=NN(C)C)oc2n1C. The fraction of sp³-hybridized carbons (Fsp3) is 0.333. The van der Waals surface area contributed by atoms with Crippen LogP contribution in [-0.4, -0.2) is 43.0 Å². The van der Waals surface area contributed by atoms with Crippen LogP contribution in [0.5, 0.6) is 0 Å². The number of methoxy groups -OCH3 is 1. The van der Waals surface area contributed by atoms with Crippen LogP contribution < -0.4 is 0 Å². The first kappa shape index (κ1) is 12.2. The molecule has 0 unspecified atom stereocenters. The van der Waals surface area contributed by atoms with Crippen LogP contribution >= 0.6 is 0 Å². The molecule has 0 atom stereocenters. The van der Waals surface area contributed by atoms with Gasteiger partial charge in [0.25, 0.3) is 0 Å². The Morgan fingerprint density at radius 3 is 2.78 bits per heavy atom. The van der Waals surface area contributed by atoms with Crippen molar-refractivity contribution >= 4 is 23.3 Å². The summed E-state index contributed by atoms with van der Waals surface area (Å²) in [4.78, 5) is 11.5. The fourth-order valence-corrected chi connectivity index (χ4v) is 1.67. The Morgan fingerprint density at radius 1 is 1.50 bits per heavy atom. The van der Waals surface area contributed by atoms with E-state index in [1.807, 2.05) is 20.2 Å². The van der Waals surface area contributed by atoms with E-state index in [1.165, 1.54) is 7.11 Å². The summed E-state index contributed by atoms with van der Waals surface area (Å²) in [6.45, 7) is 0. The van der Waals surface area contributed by atoms with Crippen molar-refractivity contribution in [3.63, 3.8) is 0 Å². The van der Waals surface area contributed by atoms with E-state index < -0.39 is 0 Å². The Hall–Kier alpha value is -2.24. The first-order valence-electron chi connectivity index (χ1n) is 5.42. The number of rotatable bonds is 3. The summed E-state index contributed by atoms with van der Waals surface area (Å²) in [5.74, 6) is 0.258. The lowest BCUT2D eigenvalue weighted by molar-refractivity contribution is 0.0590. The monoisotopic (exact) mass is 249 g/mol. The first-order chi connectivity index (χ1) is 8.52. The van der Waals surface area contributed by atoms with E-state index in [0.717, 1.165) is 5.39 Å². The highest BCUT2D eigenvalue weighted by atomic mass is 16.5. The average molecular weight is 249 g/mol. The zero-order chi connectivity index (χ0) is 13.3. The minimum absolute atomic E-state index is 0.382. The van der Waals surface area contributed by atoms with Gasteiger partial charge in [-0.05, 0) is 12.1 Å². The Balaban J connectivity index is 2.40. The topological polar surface area (TPSA) is 60.0 Å². The zero-order valence-electron chi connectivity index (χ0n) is 10.8. The number of nitrogens with zero attached hydrogens (tertiary/aromatic N) is 3. The quantitative estimate of drug-likeness (QED) is 0.469. The van der Waals surface area contributed by atoms with Crippen LogP contribution in [0.3, 0.4) is 0 Å². The molecule has 96 valence electrons. The molecule has 2 aromatic rings. The maximum Gasteiger partial charge on any atom is 0.354 e. The van der Waals surface area contributed by atoms with Gasteiger partial charge in [0, 0.05) is 26.5 Å². The van der Waals surface area contributed by atoms with Gasteiger partial charge in [-0.25, -0.2) is 4.79 Å². The average Bonchev–Trinajstić information content (AvgIpc) is 2.86. The molecule has 6 nitrogen and oxygen atoms in total. The number of hydrazone groups is 1. The molecule has 0 aliphatic heterocycles. The molecule has 0 saturated carbocycles. The van der Waals surface area contributed by atoms with Crippen molar-refractivity contribution in [3.05, 3.63) is 23.6 Å². The molecule has 18 heavy (non-hydrogen) atoms. The van der Waals surface area contributed by atoms with Gasteiger partial charge in [0.05, 0.1) is 13.3 Å². The first-order valence-corrected chi connectivity index (χ1v) is 5.42. The molecule has 2 heterocycles. The molecule has 0 saturated heterocycles. The van der Waals surface area contributed by atoms with Crippen molar-refractivity contribution in [1.29, 1.82) is 0 Å². The molecule has 0 aliphatic carbocycles. The summed E-state index contributed by atoms with van der Waals surface area (Å²) in [6.07, 6.45) is 1.62. The number of hydrogen-bond donors (Lipinski definition) is 0. The molecule has 6 heteroatoms. The Labute approximate surface area is 104 Å². The van der Waals surface area contributed by atoms with Gasteiger partial charge >= 0.3 is 5.97 Å². The second-order valence-corrected chi connectivity index (χ2v) is 4.08. The third kappa shape index (κ3) is 2.09. The number of carbonyl (C=O) groups is 1. The lowest BCUT2D eigenvalue weighted by Crippen LogP contribution is -2.07. The Bertz CT molecular complexity index is 607. The van der Waals surface area contributed by atoms with Crippen LogP contribution in [0.4, 0.5) is 0 Å². The van der Waals surface area contributed by atoms with Gasteiger partial charge in [0.1, 0.15) is 11.5 Å². The van der Waals surface area contributed by atoms with E-state index in [-0.39, 0.29) is 5.97 Å². The molecule has 0 amide bonds. The van der Waals surface area contributed by atoms with Crippen molar-refractivity contribution < 1.29 is 13.9 Å². The number of furan rings is 1. The van der Waals surface area contributed by atoms with Crippen LogP contribution in [0.2, 0.25) is 0 Å². The second kappa shape index (κ2) is 4.56. The third-order valence-electron chi connectivity index (χ3n) is 2.53. The van der Waals surface area contributed by atoms with Gasteiger partial charge in [-0.2, -0.15) is 5.10 Å². The molecular formula is C12H15N3O3. The predicted molar refractivity (Wildman–Crippen MR) is 67.8 cm³/mol. The summed E-state index contributed by atoms with van der Waals surface area (Å²) in [5.41, 5.74) is 1.08. The highest BCUT2D eigenvalue weighted by Gasteiger charge is 2.16. The Kier molecular flexibility index (Phi) is 3.10. The van der Waals surface area contributed by atoms with E-state index in [0.29, 0.717) is 17.2 Å². The van der Waals surface area contributed by atoms with Crippen molar-refractivity contribution in [2.45, 2.75) is 0 Å². The number of esters is 1. The van der Waals surface area contributed by atoms with Crippen molar-refractivity contribution in [2.24, 2.45) is 12.1 Å². The normalized spacial score (nSPS) is 11.3. The summed E-state index contributed by atoms with van der Waals surface area (Å²) in [5, 5.41) is 6.61. The Morgan fingerprint density at radius 2 is 2.22 bits per heavy atom. The zero-order valence-corrected chi connectivity index (χ0v) is 10.8. The molecule has 0 radical (unpaired) electrons. The van der Waals surface area contributed by atoms with Crippen LogP contribution in [0.1, 0.15) is 16.2 Å². The minimum atomic E-state index is -0.382. The van der Waals surface area contributed by atoms with E-state index in [9.17, 15) is 4.79 Å². The lowest BCUT2D eigenvalue weighted by atomic mass is 10.3. The number of carbonyl (C=O) groups excluding carboxylic acids is 1. The van der Waals surface area contributed by atoms with Gasteiger partial charge in [0.15, 0.2) is 0 Å². The van der Waals surface area contributed by atoms with E-state index in [4.69, 9.17) is 9.15 Å². The number of ether oxygens (including phenoxy) is 1. The summed E-state index contributed by atoms with van der Waals surface area (Å²) in [6, 6.07) is 3.56. The molecule has 2 rings (SSSR count). The summed E-state index contributed by atoms with van der Waals surface area (Å²) < 4.78 is 12.0. The molecule has 0 aromatic carbocycles. The molecule has 0 spiro atoms. The number of aromatic nitrogens is 1. The number of hydrogen-bond acceptors (Lipinski definition) is 5. The highest BCUT2D eigenvalue weighted by Crippen LogP contribution is 2.22. The third-order valence-corrected chi connectivity index (χ3v) is 2.53. The standard InChI is InChI=1S/C12H15N3O3/c1-14(2)13-7-9-5-8-6-10(12(16)17-4)15(3)11(8)18-9/h5-7H,1-4H3. The molecule has 0 N–H and O–H groups in total. The summed E-state index contributed by atoms with van der Waals surface area (Å²) >= 11 is 0. The smallest absolute Gasteiger partial charge is 0.354 e. The van der Waals surface area contributed by atoms with Gasteiger partial charge in [-0.1, -0.05) is 0 Å². The maximum absolute atomic E-state index is 11.5. The van der Waals surface area contributed by atoms with Crippen molar-refractivity contribution in [1.82, 2.24) is 9.58 Å². The van der Waals surface area contributed by atoms with Crippen molar-refractivity contribution in [3.8, 4) is 0 Å². The maximum atomic E-state index is 11.5. The largest absolute Gasteiger partial charge is 0.464 e. The van der Waals surface area contributed by atoms with E-state index in [2.05, 4.69) is 5.10 Å². The van der Waals surface area contributed by atoms with Gasteiger partial charge < -0.3 is 18.7 Å². The van der Waals surface area contributed by atoms with E-state index in [1.54, 1.807) is 28.9 Å². The molecular weight excluding hydrogens is 234 g/mol. The van der Waals surface area contributed by atoms with Crippen LogP contribution in [0, 0.1) is 0 Å². The molecule has 0 bridgehead atoms. The van der Waals surface area contributed by atoms with Gasteiger partial charge in [0.2, 0.25) is 5.71 Å². The van der Waals surface area contributed by atoms with Crippen LogP contribution in [0.25, 0.3) is 11.1 Å². The number of aryl methyl sites for hydroxylation is 1. The predicted octanol–water partition coefficient (Wildman–Crippen LogP) is 1.45. The molecule has 0 aliphatic rings. The molecule has 2 aromatic heterocycles. The lowest BCUT2D eigenvalue weighted by Gasteiger charge is -2.01. The molecule has 0 fully saturated rings. The van der Waals surface area contributed by atoms with Gasteiger partial charge in [-0.15, -0.1) is 0 Å². The van der Waals surface area contributed by atoms with Crippen LogP contribution in [-0.2, 0) is 11.8 Å². The fourth-order valence-electron chi connectivity index (χ4n) is 1.67. The number of fused-ring (bicyclic) bond motifs is 1. The van der Waals surface area contributed by atoms with Crippen LogP contribution in [0.15, 0.2) is 21.7 Å². The highest BCUT2D eigenvalue weighted by molar-refractivity contribution is 5.95.